The van der Waals surface area contributed by atoms with E-state index >= 15 is 0 Å². The van der Waals surface area contributed by atoms with Gasteiger partial charge in [-0.2, -0.15) is 0 Å². The summed E-state index contributed by atoms with van der Waals surface area (Å²) in [6.45, 7) is 1.55. The zero-order valence-electron chi connectivity index (χ0n) is 10.3. The number of ether oxygens (including phenoxy) is 1. The molecule has 2 N–H and O–H groups in total. The minimum absolute atomic E-state index is 0.128. The molecule has 1 amide bonds. The van der Waals surface area contributed by atoms with Gasteiger partial charge in [-0.05, 0) is 30.7 Å². The van der Waals surface area contributed by atoms with Gasteiger partial charge in [0.1, 0.15) is 0 Å². The summed E-state index contributed by atoms with van der Waals surface area (Å²) in [6.07, 6.45) is 2.77. The SMILES string of the molecule is COc1ccc(C=CC(=O)N[C@H](C)CO)cc1F. The molecule has 0 aliphatic heterocycles. The molecule has 0 saturated heterocycles. The quantitative estimate of drug-likeness (QED) is 0.779. The summed E-state index contributed by atoms with van der Waals surface area (Å²) in [5.41, 5.74) is 0.556. The van der Waals surface area contributed by atoms with Crippen molar-refractivity contribution in [1.29, 1.82) is 0 Å². The molecule has 1 aromatic carbocycles. The Morgan fingerprint density at radius 1 is 1.61 bits per heavy atom. The molecule has 98 valence electrons. The average molecular weight is 253 g/mol. The highest BCUT2D eigenvalue weighted by Gasteiger charge is 2.03. The molecule has 1 rings (SSSR count). The summed E-state index contributed by atoms with van der Waals surface area (Å²) in [6, 6.07) is 4.09. The van der Waals surface area contributed by atoms with Crippen LogP contribution in [-0.4, -0.2) is 30.8 Å². The molecule has 1 aromatic rings. The number of methoxy groups -OCH3 is 1. The van der Waals surface area contributed by atoms with E-state index in [1.165, 1.54) is 31.4 Å². The van der Waals surface area contributed by atoms with Crippen LogP contribution in [0.3, 0.4) is 0 Å². The Labute approximate surface area is 105 Å². The maximum Gasteiger partial charge on any atom is 0.244 e. The fraction of sp³-hybridized carbons (Fsp3) is 0.308. The molecule has 0 bridgehead atoms. The van der Waals surface area contributed by atoms with Crippen LogP contribution in [0.2, 0.25) is 0 Å². The molecule has 5 heteroatoms. The minimum atomic E-state index is -0.483. The molecule has 0 aromatic heterocycles. The second-order valence-corrected chi connectivity index (χ2v) is 3.82. The predicted molar refractivity (Wildman–Crippen MR) is 66.7 cm³/mol. The molecule has 0 aliphatic rings. The van der Waals surface area contributed by atoms with Crippen molar-refractivity contribution in [3.8, 4) is 5.75 Å². The second kappa shape index (κ2) is 6.76. The van der Waals surface area contributed by atoms with Gasteiger partial charge in [-0.25, -0.2) is 4.39 Å². The summed E-state index contributed by atoms with van der Waals surface area (Å²) < 4.78 is 18.1. The zero-order chi connectivity index (χ0) is 13.5. The van der Waals surface area contributed by atoms with Gasteiger partial charge in [0.2, 0.25) is 5.91 Å². The molecule has 1 atom stereocenters. The van der Waals surface area contributed by atoms with Gasteiger partial charge in [0.05, 0.1) is 13.7 Å². The summed E-state index contributed by atoms with van der Waals surface area (Å²) in [4.78, 5) is 11.4. The van der Waals surface area contributed by atoms with Crippen LogP contribution in [0, 0.1) is 5.82 Å². The van der Waals surface area contributed by atoms with Gasteiger partial charge in [-0.15, -0.1) is 0 Å². The predicted octanol–water partition coefficient (Wildman–Crippen LogP) is 1.34. The summed E-state index contributed by atoms with van der Waals surface area (Å²) in [5.74, 6) is -0.665. The van der Waals surface area contributed by atoms with Crippen molar-refractivity contribution in [1.82, 2.24) is 5.32 Å². The van der Waals surface area contributed by atoms with Crippen molar-refractivity contribution < 1.29 is 19.0 Å². The lowest BCUT2D eigenvalue weighted by molar-refractivity contribution is -0.117. The average Bonchev–Trinajstić information content (AvgIpc) is 2.36. The van der Waals surface area contributed by atoms with Gasteiger partial charge in [0, 0.05) is 12.1 Å². The largest absolute Gasteiger partial charge is 0.494 e. The van der Waals surface area contributed by atoms with Crippen molar-refractivity contribution in [3.63, 3.8) is 0 Å². The number of amides is 1. The van der Waals surface area contributed by atoms with Crippen LogP contribution in [0.25, 0.3) is 6.08 Å². The number of halogens is 1. The first-order valence-corrected chi connectivity index (χ1v) is 5.49. The van der Waals surface area contributed by atoms with Crippen LogP contribution < -0.4 is 10.1 Å². The number of nitrogens with one attached hydrogen (secondary N) is 1. The summed E-state index contributed by atoms with van der Waals surface area (Å²) in [5, 5.41) is 11.3. The van der Waals surface area contributed by atoms with E-state index in [9.17, 15) is 9.18 Å². The van der Waals surface area contributed by atoms with E-state index < -0.39 is 5.82 Å². The maximum absolute atomic E-state index is 13.3. The topological polar surface area (TPSA) is 58.6 Å². The first-order valence-electron chi connectivity index (χ1n) is 5.49. The van der Waals surface area contributed by atoms with E-state index in [2.05, 4.69) is 5.32 Å². The second-order valence-electron chi connectivity index (χ2n) is 3.82. The smallest absolute Gasteiger partial charge is 0.244 e. The summed E-state index contributed by atoms with van der Waals surface area (Å²) in [7, 11) is 1.39. The zero-order valence-corrected chi connectivity index (χ0v) is 10.3. The van der Waals surface area contributed by atoms with Crippen LogP contribution >= 0.6 is 0 Å². The van der Waals surface area contributed by atoms with Crippen molar-refractivity contribution >= 4 is 12.0 Å². The Morgan fingerprint density at radius 2 is 2.33 bits per heavy atom. The lowest BCUT2D eigenvalue weighted by Gasteiger charge is -2.07. The van der Waals surface area contributed by atoms with Gasteiger partial charge in [-0.1, -0.05) is 6.07 Å². The van der Waals surface area contributed by atoms with E-state index in [1.54, 1.807) is 13.0 Å². The number of aliphatic hydroxyl groups is 1. The number of hydrogen-bond donors (Lipinski definition) is 2. The summed E-state index contributed by atoms with van der Waals surface area (Å²) >= 11 is 0. The molecule has 0 unspecified atom stereocenters. The van der Waals surface area contributed by atoms with E-state index in [4.69, 9.17) is 9.84 Å². The number of hydrogen-bond acceptors (Lipinski definition) is 3. The Kier molecular flexibility index (Phi) is 5.32. The van der Waals surface area contributed by atoms with Crippen LogP contribution in [0.15, 0.2) is 24.3 Å². The van der Waals surface area contributed by atoms with Gasteiger partial charge < -0.3 is 15.2 Å². The Bertz CT molecular complexity index is 446. The fourth-order valence-electron chi connectivity index (χ4n) is 1.29. The maximum atomic E-state index is 13.3. The molecule has 0 heterocycles. The molecule has 0 radical (unpaired) electrons. The number of aliphatic hydroxyl groups excluding tert-OH is 1. The molecule has 0 saturated carbocycles. The lowest BCUT2D eigenvalue weighted by atomic mass is 10.2. The van der Waals surface area contributed by atoms with Gasteiger partial charge in [-0.3, -0.25) is 4.79 Å². The van der Waals surface area contributed by atoms with Crippen molar-refractivity contribution in [3.05, 3.63) is 35.7 Å². The number of rotatable bonds is 5. The normalized spacial score (nSPS) is 12.4. The number of benzene rings is 1. The Morgan fingerprint density at radius 3 is 2.89 bits per heavy atom. The molecule has 0 aliphatic carbocycles. The molecular formula is C13H16FNO3. The fourth-order valence-corrected chi connectivity index (χ4v) is 1.29. The van der Waals surface area contributed by atoms with Crippen molar-refractivity contribution in [2.45, 2.75) is 13.0 Å². The minimum Gasteiger partial charge on any atom is -0.494 e. The van der Waals surface area contributed by atoms with E-state index in [-0.39, 0.29) is 24.3 Å². The van der Waals surface area contributed by atoms with Gasteiger partial charge >= 0.3 is 0 Å². The van der Waals surface area contributed by atoms with Gasteiger partial charge in [0.25, 0.3) is 0 Å². The number of carbonyl (C=O) groups excluding carboxylic acids is 1. The Hall–Kier alpha value is -1.88. The monoisotopic (exact) mass is 253 g/mol. The van der Waals surface area contributed by atoms with E-state index in [1.807, 2.05) is 0 Å². The first-order chi connectivity index (χ1) is 8.56. The van der Waals surface area contributed by atoms with Crippen LogP contribution in [0.1, 0.15) is 12.5 Å². The first kappa shape index (κ1) is 14.2. The van der Waals surface area contributed by atoms with Crippen molar-refractivity contribution in [2.75, 3.05) is 13.7 Å². The van der Waals surface area contributed by atoms with Crippen LogP contribution in [0.4, 0.5) is 4.39 Å². The highest BCUT2D eigenvalue weighted by Crippen LogP contribution is 2.18. The highest BCUT2D eigenvalue weighted by atomic mass is 19.1. The van der Waals surface area contributed by atoms with Crippen molar-refractivity contribution in [2.24, 2.45) is 0 Å². The third-order valence-corrected chi connectivity index (χ3v) is 2.27. The molecule has 18 heavy (non-hydrogen) atoms. The lowest BCUT2D eigenvalue weighted by Crippen LogP contribution is -2.33. The van der Waals surface area contributed by atoms with Crippen LogP contribution in [0.5, 0.6) is 5.75 Å². The van der Waals surface area contributed by atoms with Gasteiger partial charge in [0.15, 0.2) is 11.6 Å². The third kappa shape index (κ3) is 4.18. The molecule has 0 fully saturated rings. The molecular weight excluding hydrogens is 237 g/mol. The molecule has 0 spiro atoms. The van der Waals surface area contributed by atoms with Crippen LogP contribution in [-0.2, 0) is 4.79 Å². The highest BCUT2D eigenvalue weighted by molar-refractivity contribution is 5.91. The molecule has 4 nitrogen and oxygen atoms in total. The Balaban J connectivity index is 2.67. The number of carbonyl (C=O) groups is 1. The van der Waals surface area contributed by atoms with E-state index in [0.29, 0.717) is 5.56 Å². The van der Waals surface area contributed by atoms with E-state index in [0.717, 1.165) is 0 Å². The standard InChI is InChI=1S/C13H16FNO3/c1-9(8-16)15-13(17)6-4-10-3-5-12(18-2)11(14)7-10/h3-7,9,16H,8H2,1-2H3,(H,15,17)/t9-/m1/s1. The third-order valence-electron chi connectivity index (χ3n) is 2.27.